The van der Waals surface area contributed by atoms with Gasteiger partial charge in [-0.3, -0.25) is 4.90 Å². The highest BCUT2D eigenvalue weighted by atomic mass is 35.5. The van der Waals surface area contributed by atoms with Crippen LogP contribution in [0.5, 0.6) is 5.75 Å². The number of ether oxygens (including phenoxy) is 1. The number of benzene rings is 2. The van der Waals surface area contributed by atoms with Crippen LogP contribution < -0.4 is 4.74 Å². The lowest BCUT2D eigenvalue weighted by Gasteiger charge is -2.16. The summed E-state index contributed by atoms with van der Waals surface area (Å²) in [5.74, 6) is 1.62. The van der Waals surface area contributed by atoms with E-state index >= 15 is 0 Å². The maximum Gasteiger partial charge on any atom is 0.199 e. The van der Waals surface area contributed by atoms with Crippen molar-refractivity contribution >= 4 is 23.8 Å². The SMILES string of the molecule is COc1ccc(CN(C)Cn2nc(-c3ccccc3Cl)n(C)c2=S)cc1. The van der Waals surface area contributed by atoms with Gasteiger partial charge in [0, 0.05) is 19.2 Å². The van der Waals surface area contributed by atoms with Gasteiger partial charge < -0.3 is 9.30 Å². The van der Waals surface area contributed by atoms with Crippen LogP contribution in [0.2, 0.25) is 5.02 Å². The zero-order valence-electron chi connectivity index (χ0n) is 15.0. The predicted octanol–water partition coefficient (Wildman–Crippen LogP) is 4.37. The summed E-state index contributed by atoms with van der Waals surface area (Å²) in [6.45, 7) is 1.37. The third-order valence-corrected chi connectivity index (χ3v) is 4.96. The van der Waals surface area contributed by atoms with E-state index in [2.05, 4.69) is 22.1 Å². The molecule has 1 heterocycles. The fraction of sp³-hybridized carbons (Fsp3) is 0.263. The number of halogens is 1. The predicted molar refractivity (Wildman–Crippen MR) is 107 cm³/mol. The topological polar surface area (TPSA) is 35.2 Å². The minimum Gasteiger partial charge on any atom is -0.497 e. The molecule has 3 aromatic rings. The summed E-state index contributed by atoms with van der Waals surface area (Å²) in [5.41, 5.74) is 2.07. The standard InChI is InChI=1S/C19H21ClN4OS/c1-22(12-14-8-10-15(25-3)11-9-14)13-24-19(26)23(2)18(21-24)16-6-4-5-7-17(16)20/h4-11H,12-13H2,1-3H3. The molecule has 2 aromatic carbocycles. The molecule has 7 heteroatoms. The molecule has 1 aromatic heterocycles. The van der Waals surface area contributed by atoms with Crippen LogP contribution in [-0.4, -0.2) is 33.4 Å². The van der Waals surface area contributed by atoms with E-state index in [0.717, 1.165) is 23.7 Å². The van der Waals surface area contributed by atoms with Gasteiger partial charge >= 0.3 is 0 Å². The first-order chi connectivity index (χ1) is 12.5. The van der Waals surface area contributed by atoms with Crippen molar-refractivity contribution < 1.29 is 4.74 Å². The van der Waals surface area contributed by atoms with Gasteiger partial charge in [0.15, 0.2) is 10.6 Å². The van der Waals surface area contributed by atoms with Gasteiger partial charge in [-0.2, -0.15) is 5.10 Å². The van der Waals surface area contributed by atoms with E-state index in [-0.39, 0.29) is 0 Å². The monoisotopic (exact) mass is 388 g/mol. The zero-order chi connectivity index (χ0) is 18.7. The fourth-order valence-electron chi connectivity index (χ4n) is 2.78. The third-order valence-electron chi connectivity index (χ3n) is 4.14. The molecule has 5 nitrogen and oxygen atoms in total. The van der Waals surface area contributed by atoms with Gasteiger partial charge in [-0.05, 0) is 49.1 Å². The second-order valence-electron chi connectivity index (χ2n) is 6.15. The van der Waals surface area contributed by atoms with Crippen LogP contribution >= 0.6 is 23.8 Å². The van der Waals surface area contributed by atoms with E-state index in [9.17, 15) is 0 Å². The normalized spacial score (nSPS) is 11.1. The van der Waals surface area contributed by atoms with Crippen molar-refractivity contribution in [2.75, 3.05) is 14.2 Å². The molecule has 0 fully saturated rings. The molecule has 0 aliphatic carbocycles. The second-order valence-corrected chi connectivity index (χ2v) is 6.92. The summed E-state index contributed by atoms with van der Waals surface area (Å²) in [7, 11) is 5.62. The summed E-state index contributed by atoms with van der Waals surface area (Å²) >= 11 is 11.9. The maximum atomic E-state index is 6.31. The lowest BCUT2D eigenvalue weighted by atomic mass is 10.2. The molecule has 0 bridgehead atoms. The van der Waals surface area contributed by atoms with Crippen molar-refractivity contribution in [2.24, 2.45) is 7.05 Å². The number of methoxy groups -OCH3 is 1. The molecule has 136 valence electrons. The van der Waals surface area contributed by atoms with Crippen LogP contribution in [0, 0.1) is 4.77 Å². The smallest absolute Gasteiger partial charge is 0.199 e. The van der Waals surface area contributed by atoms with Crippen LogP contribution in [-0.2, 0) is 20.3 Å². The van der Waals surface area contributed by atoms with Gasteiger partial charge in [-0.25, -0.2) is 4.68 Å². The number of aromatic nitrogens is 3. The van der Waals surface area contributed by atoms with Gasteiger partial charge in [-0.15, -0.1) is 0 Å². The van der Waals surface area contributed by atoms with Gasteiger partial charge in [-0.1, -0.05) is 35.9 Å². The van der Waals surface area contributed by atoms with E-state index < -0.39 is 0 Å². The fourth-order valence-corrected chi connectivity index (χ4v) is 3.18. The van der Waals surface area contributed by atoms with Crippen LogP contribution in [0.3, 0.4) is 0 Å². The average molecular weight is 389 g/mol. The molecule has 26 heavy (non-hydrogen) atoms. The number of rotatable bonds is 6. The van der Waals surface area contributed by atoms with E-state index in [1.54, 1.807) is 7.11 Å². The molecular weight excluding hydrogens is 368 g/mol. The van der Waals surface area contributed by atoms with Gasteiger partial charge in [0.2, 0.25) is 0 Å². The summed E-state index contributed by atoms with van der Waals surface area (Å²) < 4.78 is 9.56. The Morgan fingerprint density at radius 1 is 1.15 bits per heavy atom. The summed E-state index contributed by atoms with van der Waals surface area (Å²) in [6.07, 6.45) is 0. The first-order valence-corrected chi connectivity index (χ1v) is 8.98. The molecule has 0 N–H and O–H groups in total. The van der Waals surface area contributed by atoms with Crippen LogP contribution in [0.15, 0.2) is 48.5 Å². The van der Waals surface area contributed by atoms with Crippen molar-refractivity contribution in [1.82, 2.24) is 19.2 Å². The molecule has 0 aliphatic rings. The molecule has 0 saturated carbocycles. The Balaban J connectivity index is 1.78. The summed E-state index contributed by atoms with van der Waals surface area (Å²) in [6, 6.07) is 15.7. The van der Waals surface area contributed by atoms with E-state index in [0.29, 0.717) is 16.5 Å². The Labute approximate surface area is 163 Å². The van der Waals surface area contributed by atoms with Crippen molar-refractivity contribution in [3.63, 3.8) is 0 Å². The number of nitrogens with zero attached hydrogens (tertiary/aromatic N) is 4. The lowest BCUT2D eigenvalue weighted by Crippen LogP contribution is -2.22. The summed E-state index contributed by atoms with van der Waals surface area (Å²) in [4.78, 5) is 2.15. The highest BCUT2D eigenvalue weighted by Gasteiger charge is 2.13. The van der Waals surface area contributed by atoms with Crippen molar-refractivity contribution in [2.45, 2.75) is 13.2 Å². The first-order valence-electron chi connectivity index (χ1n) is 8.20. The molecule has 0 spiro atoms. The highest BCUT2D eigenvalue weighted by Crippen LogP contribution is 2.26. The molecular formula is C19H21ClN4OS. The molecule has 0 amide bonds. The highest BCUT2D eigenvalue weighted by molar-refractivity contribution is 7.71. The number of hydrogen-bond acceptors (Lipinski definition) is 4. The summed E-state index contributed by atoms with van der Waals surface area (Å²) in [5, 5.41) is 5.34. The molecule has 0 unspecified atom stereocenters. The van der Waals surface area contributed by atoms with E-state index in [1.807, 2.05) is 59.7 Å². The maximum absolute atomic E-state index is 6.31. The van der Waals surface area contributed by atoms with Gasteiger partial charge in [0.25, 0.3) is 0 Å². The Morgan fingerprint density at radius 2 is 1.85 bits per heavy atom. The Morgan fingerprint density at radius 3 is 2.50 bits per heavy atom. The Kier molecular flexibility index (Phi) is 5.76. The minimum atomic E-state index is 0.586. The molecule has 0 aliphatic heterocycles. The molecule has 0 atom stereocenters. The Hall–Kier alpha value is -2.15. The van der Waals surface area contributed by atoms with E-state index in [4.69, 9.17) is 28.6 Å². The third kappa shape index (κ3) is 3.98. The van der Waals surface area contributed by atoms with Crippen LogP contribution in [0.4, 0.5) is 0 Å². The Bertz CT molecular complexity index is 949. The second kappa shape index (κ2) is 8.03. The van der Waals surface area contributed by atoms with Crippen molar-refractivity contribution in [1.29, 1.82) is 0 Å². The van der Waals surface area contributed by atoms with Gasteiger partial charge in [0.1, 0.15) is 5.75 Å². The first kappa shape index (κ1) is 18.6. The van der Waals surface area contributed by atoms with Crippen molar-refractivity contribution in [3.05, 3.63) is 63.9 Å². The zero-order valence-corrected chi connectivity index (χ0v) is 16.6. The minimum absolute atomic E-state index is 0.586. The molecule has 0 radical (unpaired) electrons. The van der Waals surface area contributed by atoms with Crippen LogP contribution in [0.25, 0.3) is 11.4 Å². The van der Waals surface area contributed by atoms with E-state index in [1.165, 1.54) is 5.56 Å². The van der Waals surface area contributed by atoms with Crippen LogP contribution in [0.1, 0.15) is 5.56 Å². The number of hydrogen-bond donors (Lipinski definition) is 0. The quantitative estimate of drug-likeness (QED) is 0.587. The molecule has 0 saturated heterocycles. The largest absolute Gasteiger partial charge is 0.497 e. The lowest BCUT2D eigenvalue weighted by molar-refractivity contribution is 0.244. The average Bonchev–Trinajstić information content (AvgIpc) is 2.91. The van der Waals surface area contributed by atoms with Crippen molar-refractivity contribution in [3.8, 4) is 17.1 Å². The molecule has 3 rings (SSSR count). The van der Waals surface area contributed by atoms with Gasteiger partial charge in [0.05, 0.1) is 18.8 Å².